The van der Waals surface area contributed by atoms with Gasteiger partial charge in [-0.3, -0.25) is 0 Å². The highest BCUT2D eigenvalue weighted by atomic mass is 19.4. The van der Waals surface area contributed by atoms with Crippen molar-refractivity contribution in [2.45, 2.75) is 6.36 Å². The van der Waals surface area contributed by atoms with Crippen LogP contribution < -0.4 is 16.0 Å². The van der Waals surface area contributed by atoms with Crippen LogP contribution in [0.1, 0.15) is 0 Å². The molecule has 5 nitrogen and oxygen atoms in total. The molecule has 0 spiro atoms. The van der Waals surface area contributed by atoms with Crippen LogP contribution in [0.15, 0.2) is 36.4 Å². The molecule has 1 aromatic carbocycles. The minimum atomic E-state index is -4.70. The van der Waals surface area contributed by atoms with Crippen molar-refractivity contribution in [3.05, 3.63) is 36.4 Å². The number of benzene rings is 1. The Morgan fingerprint density at radius 3 is 2.16 bits per heavy atom. The number of nitrogens with one attached hydrogen (secondary N) is 1. The Bertz CT molecular complexity index is 539. The molecule has 19 heavy (non-hydrogen) atoms. The molecule has 1 heterocycles. The summed E-state index contributed by atoms with van der Waals surface area (Å²) < 4.78 is 39.7. The first-order valence-electron chi connectivity index (χ1n) is 5.14. The number of aromatic nitrogens is 2. The number of halogens is 3. The van der Waals surface area contributed by atoms with Gasteiger partial charge in [-0.2, -0.15) is 0 Å². The van der Waals surface area contributed by atoms with E-state index in [1.54, 1.807) is 12.1 Å². The van der Waals surface area contributed by atoms with Crippen molar-refractivity contribution >= 4 is 5.82 Å². The molecule has 1 aromatic heterocycles. The molecular weight excluding hydrogens is 261 g/mol. The predicted octanol–water partition coefficient (Wildman–Crippen LogP) is 2.33. The molecule has 2 aromatic rings. The fraction of sp³-hybridized carbons (Fsp3) is 0.0909. The smallest absolute Gasteiger partial charge is 0.406 e. The number of hydrogen-bond acceptors (Lipinski definition) is 5. The van der Waals surface area contributed by atoms with E-state index in [0.29, 0.717) is 17.1 Å². The first-order chi connectivity index (χ1) is 8.98. The summed E-state index contributed by atoms with van der Waals surface area (Å²) in [5.41, 5.74) is 3.45. The van der Waals surface area contributed by atoms with E-state index in [9.17, 15) is 13.2 Å². The van der Waals surface area contributed by atoms with Gasteiger partial charge in [0.25, 0.3) is 0 Å². The number of hydrazine groups is 1. The topological polar surface area (TPSA) is 73.1 Å². The van der Waals surface area contributed by atoms with E-state index in [4.69, 9.17) is 5.84 Å². The second-order valence-electron chi connectivity index (χ2n) is 3.52. The Hall–Kier alpha value is -2.35. The molecule has 0 fully saturated rings. The third-order valence-electron chi connectivity index (χ3n) is 2.20. The molecule has 0 atom stereocenters. The summed E-state index contributed by atoms with van der Waals surface area (Å²) in [4.78, 5) is 0. The molecule has 100 valence electrons. The lowest BCUT2D eigenvalue weighted by Gasteiger charge is -2.09. The lowest BCUT2D eigenvalue weighted by molar-refractivity contribution is -0.274. The second-order valence-corrected chi connectivity index (χ2v) is 3.52. The lowest BCUT2D eigenvalue weighted by atomic mass is 10.1. The zero-order valence-electron chi connectivity index (χ0n) is 9.48. The van der Waals surface area contributed by atoms with Gasteiger partial charge >= 0.3 is 6.36 Å². The molecule has 0 unspecified atom stereocenters. The minimum Gasteiger partial charge on any atom is -0.406 e. The Labute approximate surface area is 106 Å². The number of nitrogen functional groups attached to an aromatic ring is 1. The third-order valence-corrected chi connectivity index (χ3v) is 2.20. The van der Waals surface area contributed by atoms with Gasteiger partial charge in [-0.05, 0) is 36.4 Å². The van der Waals surface area contributed by atoms with Crippen molar-refractivity contribution in [2.75, 3.05) is 5.43 Å². The quantitative estimate of drug-likeness (QED) is 0.661. The molecule has 0 aliphatic carbocycles. The Morgan fingerprint density at radius 1 is 1.00 bits per heavy atom. The third kappa shape index (κ3) is 3.55. The zero-order chi connectivity index (χ0) is 13.9. The van der Waals surface area contributed by atoms with E-state index < -0.39 is 6.36 Å². The molecule has 0 bridgehead atoms. The molecule has 2 rings (SSSR count). The second kappa shape index (κ2) is 5.11. The number of nitrogens with two attached hydrogens (primary N) is 1. The maximum absolute atomic E-state index is 12.0. The van der Waals surface area contributed by atoms with Gasteiger partial charge in [0.2, 0.25) is 0 Å². The van der Waals surface area contributed by atoms with E-state index in [1.807, 2.05) is 0 Å². The molecule has 0 amide bonds. The van der Waals surface area contributed by atoms with Crippen molar-refractivity contribution < 1.29 is 17.9 Å². The Balaban J connectivity index is 2.17. The fourth-order valence-electron chi connectivity index (χ4n) is 1.39. The number of hydrogen-bond donors (Lipinski definition) is 2. The van der Waals surface area contributed by atoms with Crippen LogP contribution >= 0.6 is 0 Å². The lowest BCUT2D eigenvalue weighted by Crippen LogP contribution is -2.16. The monoisotopic (exact) mass is 270 g/mol. The zero-order valence-corrected chi connectivity index (χ0v) is 9.48. The highest BCUT2D eigenvalue weighted by Gasteiger charge is 2.30. The van der Waals surface area contributed by atoms with Crippen LogP contribution in [0.25, 0.3) is 11.3 Å². The summed E-state index contributed by atoms with van der Waals surface area (Å²) in [5, 5.41) is 7.63. The highest BCUT2D eigenvalue weighted by Crippen LogP contribution is 2.25. The van der Waals surface area contributed by atoms with E-state index in [0.717, 1.165) is 0 Å². The number of rotatable bonds is 3. The Kier molecular flexibility index (Phi) is 3.52. The number of alkyl halides is 3. The van der Waals surface area contributed by atoms with E-state index in [2.05, 4.69) is 20.4 Å². The average molecular weight is 270 g/mol. The van der Waals surface area contributed by atoms with Crippen molar-refractivity contribution in [1.29, 1.82) is 0 Å². The molecular formula is C11H9F3N4O. The number of ether oxygens (including phenoxy) is 1. The first-order valence-corrected chi connectivity index (χ1v) is 5.14. The van der Waals surface area contributed by atoms with Gasteiger partial charge in [-0.15, -0.1) is 23.4 Å². The van der Waals surface area contributed by atoms with Gasteiger partial charge in [0, 0.05) is 5.56 Å². The summed E-state index contributed by atoms with van der Waals surface area (Å²) in [7, 11) is 0. The molecule has 0 saturated carbocycles. The van der Waals surface area contributed by atoms with Gasteiger partial charge in [-0.1, -0.05) is 0 Å². The molecule has 0 radical (unpaired) electrons. The number of nitrogens with zero attached hydrogens (tertiary/aromatic N) is 2. The van der Waals surface area contributed by atoms with Crippen LogP contribution in [0.3, 0.4) is 0 Å². The maximum Gasteiger partial charge on any atom is 0.573 e. The van der Waals surface area contributed by atoms with Crippen LogP contribution in [0.5, 0.6) is 5.75 Å². The number of anilines is 1. The SMILES string of the molecule is NNc1ccc(-c2ccc(OC(F)(F)F)cc2)nn1. The molecule has 0 aliphatic rings. The summed E-state index contributed by atoms with van der Waals surface area (Å²) in [6, 6.07) is 8.57. The van der Waals surface area contributed by atoms with E-state index >= 15 is 0 Å². The fourth-order valence-corrected chi connectivity index (χ4v) is 1.39. The molecule has 3 N–H and O–H groups in total. The van der Waals surface area contributed by atoms with E-state index in [1.165, 1.54) is 24.3 Å². The first kappa shape index (κ1) is 13.1. The standard InChI is InChI=1S/C11H9F3N4O/c12-11(13,14)19-8-3-1-7(2-4-8)9-5-6-10(16-15)18-17-9/h1-6H,15H2,(H,16,18). The molecule has 0 saturated heterocycles. The van der Waals surface area contributed by atoms with Gasteiger partial charge in [-0.25, -0.2) is 5.84 Å². The van der Waals surface area contributed by atoms with Crippen molar-refractivity contribution in [1.82, 2.24) is 10.2 Å². The van der Waals surface area contributed by atoms with Crippen LogP contribution in [-0.2, 0) is 0 Å². The van der Waals surface area contributed by atoms with Gasteiger partial charge < -0.3 is 10.2 Å². The average Bonchev–Trinajstić information content (AvgIpc) is 2.38. The normalized spacial score (nSPS) is 11.2. The van der Waals surface area contributed by atoms with Gasteiger partial charge in [0.1, 0.15) is 5.75 Å². The Morgan fingerprint density at radius 2 is 1.68 bits per heavy atom. The van der Waals surface area contributed by atoms with Crippen LogP contribution in [-0.4, -0.2) is 16.6 Å². The van der Waals surface area contributed by atoms with Crippen molar-refractivity contribution in [3.63, 3.8) is 0 Å². The molecule has 0 aliphatic heterocycles. The summed E-state index contributed by atoms with van der Waals surface area (Å²) >= 11 is 0. The van der Waals surface area contributed by atoms with Gasteiger partial charge in [0.15, 0.2) is 5.82 Å². The molecule has 8 heteroatoms. The van der Waals surface area contributed by atoms with Crippen molar-refractivity contribution in [3.8, 4) is 17.0 Å². The maximum atomic E-state index is 12.0. The van der Waals surface area contributed by atoms with Crippen LogP contribution in [0.2, 0.25) is 0 Å². The summed E-state index contributed by atoms with van der Waals surface area (Å²) in [6.07, 6.45) is -4.70. The van der Waals surface area contributed by atoms with E-state index in [-0.39, 0.29) is 5.75 Å². The highest BCUT2D eigenvalue weighted by molar-refractivity contribution is 5.60. The van der Waals surface area contributed by atoms with Crippen LogP contribution in [0, 0.1) is 0 Å². The summed E-state index contributed by atoms with van der Waals surface area (Å²) in [5.74, 6) is 5.24. The predicted molar refractivity (Wildman–Crippen MR) is 62.0 cm³/mol. The largest absolute Gasteiger partial charge is 0.573 e. The minimum absolute atomic E-state index is 0.288. The van der Waals surface area contributed by atoms with Crippen LogP contribution in [0.4, 0.5) is 19.0 Å². The summed E-state index contributed by atoms with van der Waals surface area (Å²) in [6.45, 7) is 0. The van der Waals surface area contributed by atoms with Gasteiger partial charge in [0.05, 0.1) is 5.69 Å². The van der Waals surface area contributed by atoms with Crippen molar-refractivity contribution in [2.24, 2.45) is 5.84 Å².